The predicted octanol–water partition coefficient (Wildman–Crippen LogP) is 33.7. The molecule has 0 spiro atoms. The van der Waals surface area contributed by atoms with Crippen LogP contribution in [0.25, 0.3) is 204 Å². The van der Waals surface area contributed by atoms with Gasteiger partial charge in [0.1, 0.15) is 0 Å². The van der Waals surface area contributed by atoms with Crippen molar-refractivity contribution >= 4 is 194 Å². The zero-order valence-corrected chi connectivity index (χ0v) is 65.8. The summed E-state index contributed by atoms with van der Waals surface area (Å²) in [5, 5.41) is 27.5. The summed E-state index contributed by atoms with van der Waals surface area (Å²) in [7, 11) is 0. The van der Waals surface area contributed by atoms with Crippen LogP contribution in [-0.4, -0.2) is 0 Å². The van der Waals surface area contributed by atoms with Crippen molar-refractivity contribution in [1.29, 1.82) is 0 Å². The molecule has 0 radical (unpaired) electrons. The van der Waals surface area contributed by atoms with E-state index in [1.54, 1.807) is 0 Å². The molecule has 0 saturated heterocycles. The highest BCUT2D eigenvalue weighted by molar-refractivity contribution is 7.27. The first-order chi connectivity index (χ1) is 58.5. The second-order valence-electron chi connectivity index (χ2n) is 31.3. The molecule has 0 aliphatic rings. The van der Waals surface area contributed by atoms with E-state index < -0.39 is 0 Å². The van der Waals surface area contributed by atoms with E-state index in [-0.39, 0.29) is 0 Å². The monoisotopic (exact) mass is 1530 g/mol. The van der Waals surface area contributed by atoms with Crippen molar-refractivity contribution < 1.29 is 0 Å². The van der Waals surface area contributed by atoms with E-state index in [2.05, 4.69) is 434 Å². The minimum atomic E-state index is 1.08. The van der Waals surface area contributed by atoms with Crippen LogP contribution in [0.15, 0.2) is 425 Å². The van der Waals surface area contributed by atoms with Gasteiger partial charge in [0, 0.05) is 74.2 Å². The molecule has 548 valence electrons. The fraction of sp³-hybridized carbons (Fsp3) is 0. The zero-order chi connectivity index (χ0) is 77.5. The van der Waals surface area contributed by atoms with Gasteiger partial charge in [-0.25, -0.2) is 0 Å². The fourth-order valence-corrected chi connectivity index (χ4v) is 21.6. The lowest BCUT2D eigenvalue weighted by molar-refractivity contribution is 1.29. The molecule has 0 aliphatic heterocycles. The number of benzene rings is 22. The molecule has 22 aromatic carbocycles. The van der Waals surface area contributed by atoms with Crippen LogP contribution < -0.4 is 9.80 Å². The molecule has 118 heavy (non-hydrogen) atoms. The molecule has 0 bridgehead atoms. The van der Waals surface area contributed by atoms with Gasteiger partial charge in [0.05, 0.1) is 5.69 Å². The molecule has 0 unspecified atom stereocenters. The normalized spacial score (nSPS) is 11.9. The molecule has 0 saturated carbocycles. The van der Waals surface area contributed by atoms with Crippen LogP contribution >= 0.6 is 22.7 Å². The zero-order valence-electron chi connectivity index (χ0n) is 64.1. The van der Waals surface area contributed by atoms with E-state index in [9.17, 15) is 0 Å². The molecule has 0 amide bonds. The Balaban J connectivity index is 0.596. The molecule has 0 N–H and O–H groups in total. The van der Waals surface area contributed by atoms with E-state index >= 15 is 0 Å². The Kier molecular flexibility index (Phi) is 15.8. The molecule has 2 heterocycles. The van der Waals surface area contributed by atoms with Gasteiger partial charge in [-0.3, -0.25) is 0 Å². The molecular formula is C114H70N2S2. The van der Waals surface area contributed by atoms with Crippen molar-refractivity contribution in [2.24, 2.45) is 0 Å². The van der Waals surface area contributed by atoms with Gasteiger partial charge in [0.15, 0.2) is 0 Å². The first kappa shape index (κ1) is 67.7. The van der Waals surface area contributed by atoms with Crippen LogP contribution in [-0.2, 0) is 0 Å². The second-order valence-corrected chi connectivity index (χ2v) is 33.4. The standard InChI is InChI=1S/C114H70N2S2/c1-6-26-90-72(18-1)23-16-35-91(90)74-44-55-86(56-45-74)116(87-57-48-76(49-58-87)105-68-83-21-4-8-28-93(83)97-32-12-14-34-99(97)105)109-36-17-37-110-112(109)103-62-51-78-42-43-80(65-107(78)114(103)117-110)81-52-60-100-106(69-84-22-5-9-29-94(84)108(100)66-81)77-46-53-85(54-47-77)115(89-59-63-101-102-61-50-73-19-2-10-30-95(73)113(102)118-111(101)70-89)88-25-15-24-79(64-88)71-38-40-75(41-39-71)104-67-82-20-3-7-27-92(82)96-31-11-13-33-98(96)104/h1-70H. The quantitative estimate of drug-likeness (QED) is 0.113. The van der Waals surface area contributed by atoms with Gasteiger partial charge < -0.3 is 9.80 Å². The van der Waals surface area contributed by atoms with Crippen molar-refractivity contribution in [3.05, 3.63) is 425 Å². The van der Waals surface area contributed by atoms with Gasteiger partial charge in [0.25, 0.3) is 0 Å². The van der Waals surface area contributed by atoms with Crippen molar-refractivity contribution in [1.82, 2.24) is 0 Å². The lowest BCUT2D eigenvalue weighted by Gasteiger charge is -2.27. The number of hydrogen-bond donors (Lipinski definition) is 0. The summed E-state index contributed by atoms with van der Waals surface area (Å²) in [6, 6.07) is 159. The highest BCUT2D eigenvalue weighted by Gasteiger charge is 2.24. The third-order valence-corrected chi connectivity index (χ3v) is 27.2. The molecule has 4 heteroatoms. The predicted molar refractivity (Wildman–Crippen MR) is 512 cm³/mol. The first-order valence-corrected chi connectivity index (χ1v) is 42.2. The van der Waals surface area contributed by atoms with Crippen LogP contribution in [0.1, 0.15) is 0 Å². The van der Waals surface area contributed by atoms with E-state index in [0.29, 0.717) is 0 Å². The summed E-state index contributed by atoms with van der Waals surface area (Å²) in [5.41, 5.74) is 20.9. The average Bonchev–Trinajstić information content (AvgIpc) is 1.53. The molecule has 0 aliphatic carbocycles. The molecule has 0 atom stereocenters. The van der Waals surface area contributed by atoms with E-state index in [4.69, 9.17) is 0 Å². The van der Waals surface area contributed by atoms with E-state index in [0.717, 1.165) is 50.8 Å². The number of fused-ring (bicyclic) bond motifs is 20. The number of nitrogens with zero attached hydrogens (tertiary/aromatic N) is 2. The summed E-state index contributed by atoms with van der Waals surface area (Å²) >= 11 is 3.78. The molecule has 24 aromatic rings. The molecule has 2 aromatic heterocycles. The summed E-state index contributed by atoms with van der Waals surface area (Å²) in [6.45, 7) is 0. The third kappa shape index (κ3) is 11.2. The van der Waals surface area contributed by atoms with Crippen molar-refractivity contribution in [2.45, 2.75) is 0 Å². The molecule has 2 nitrogen and oxygen atoms in total. The summed E-state index contributed by atoms with van der Waals surface area (Å²) in [6.07, 6.45) is 0. The smallest absolute Gasteiger partial charge is 0.0554 e. The number of thiophene rings is 2. The lowest BCUT2D eigenvalue weighted by Crippen LogP contribution is -2.10. The summed E-state index contributed by atoms with van der Waals surface area (Å²) < 4.78 is 5.11. The van der Waals surface area contributed by atoms with Crippen LogP contribution in [0.5, 0.6) is 0 Å². The maximum absolute atomic E-state index is 2.48. The van der Waals surface area contributed by atoms with Gasteiger partial charge >= 0.3 is 0 Å². The Morgan fingerprint density at radius 2 is 0.525 bits per heavy atom. The van der Waals surface area contributed by atoms with Crippen LogP contribution in [0.4, 0.5) is 34.1 Å². The van der Waals surface area contributed by atoms with E-state index in [1.165, 1.54) is 187 Å². The lowest BCUT2D eigenvalue weighted by atomic mass is 9.90. The number of hydrogen-bond acceptors (Lipinski definition) is 4. The van der Waals surface area contributed by atoms with Gasteiger partial charge in [-0.2, -0.15) is 0 Å². The number of anilines is 6. The Hall–Kier alpha value is -14.8. The van der Waals surface area contributed by atoms with Crippen molar-refractivity contribution in [3.8, 4) is 66.8 Å². The highest BCUT2D eigenvalue weighted by Crippen LogP contribution is 2.51. The topological polar surface area (TPSA) is 6.48 Å². The average molecular weight is 1530 g/mol. The largest absolute Gasteiger partial charge is 0.310 e. The fourth-order valence-electron chi connectivity index (χ4n) is 19.1. The Bertz CT molecular complexity index is 8230. The minimum Gasteiger partial charge on any atom is -0.310 e. The summed E-state index contributed by atoms with van der Waals surface area (Å²) in [5.74, 6) is 0. The molecular weight excluding hydrogens is 1460 g/mol. The molecule has 24 rings (SSSR count). The Morgan fingerprint density at radius 3 is 1.14 bits per heavy atom. The van der Waals surface area contributed by atoms with Gasteiger partial charge in [-0.15, -0.1) is 22.7 Å². The summed E-state index contributed by atoms with van der Waals surface area (Å²) in [4.78, 5) is 4.92. The number of rotatable bonds is 12. The van der Waals surface area contributed by atoms with Crippen LogP contribution in [0.2, 0.25) is 0 Å². The second kappa shape index (κ2) is 27.5. The van der Waals surface area contributed by atoms with Crippen LogP contribution in [0, 0.1) is 0 Å². The Morgan fingerprint density at radius 1 is 0.153 bits per heavy atom. The Labute approximate surface area is 690 Å². The van der Waals surface area contributed by atoms with E-state index in [1.807, 2.05) is 22.7 Å². The SMILES string of the molecule is c1cc(-c2ccc(-c3cc4ccccc4c4ccccc34)cc2)cc(N(c2ccc(-c3cc4ccccc4c4cc(-c5ccc6ccc7c(sc8cccc(N(c9ccc(-c%10cccc%11ccccc%10%11)cc9)c9ccc(-c%10cc%11ccccc%11c%11ccccc%10%11)cc9)c87)c6c5)ccc34)cc2)c2ccc3c(c2)sc2c4ccccc4ccc32)c1. The van der Waals surface area contributed by atoms with Gasteiger partial charge in [-0.1, -0.05) is 322 Å². The van der Waals surface area contributed by atoms with Crippen LogP contribution in [0.3, 0.4) is 0 Å². The third-order valence-electron chi connectivity index (χ3n) is 24.8. The maximum atomic E-state index is 2.48. The minimum absolute atomic E-state index is 1.08. The van der Waals surface area contributed by atoms with Gasteiger partial charge in [0.2, 0.25) is 0 Å². The van der Waals surface area contributed by atoms with Crippen molar-refractivity contribution in [3.63, 3.8) is 0 Å². The molecule has 0 fully saturated rings. The van der Waals surface area contributed by atoms with Crippen molar-refractivity contribution in [2.75, 3.05) is 9.80 Å². The first-order valence-electron chi connectivity index (χ1n) is 40.6. The van der Waals surface area contributed by atoms with Gasteiger partial charge in [-0.05, 0) is 261 Å². The highest BCUT2D eigenvalue weighted by atomic mass is 32.1. The maximum Gasteiger partial charge on any atom is 0.0554 e.